The van der Waals surface area contributed by atoms with E-state index in [0.717, 1.165) is 43.2 Å². The molecule has 24 heavy (non-hydrogen) atoms. The topological polar surface area (TPSA) is 74.3 Å². The van der Waals surface area contributed by atoms with E-state index in [-0.39, 0.29) is 23.7 Å². The van der Waals surface area contributed by atoms with Gasteiger partial charge in [0, 0.05) is 35.6 Å². The fourth-order valence-electron chi connectivity index (χ4n) is 3.37. The van der Waals surface area contributed by atoms with Gasteiger partial charge in [-0.05, 0) is 66.8 Å². The molecule has 2 fully saturated rings. The summed E-state index contributed by atoms with van der Waals surface area (Å²) in [4.78, 5) is 31.0. The SMILES string of the molecule is O=C(Nc1ccc(Br)cn1)C1CCN(C(=O)C2CCNCC2)CC1. The summed E-state index contributed by atoms with van der Waals surface area (Å²) in [6, 6.07) is 3.63. The zero-order valence-corrected chi connectivity index (χ0v) is 15.2. The van der Waals surface area contributed by atoms with Crippen LogP contribution in [0.1, 0.15) is 25.7 Å². The minimum Gasteiger partial charge on any atom is -0.342 e. The number of aromatic nitrogens is 1. The van der Waals surface area contributed by atoms with Crippen molar-refractivity contribution in [3.8, 4) is 0 Å². The van der Waals surface area contributed by atoms with Crippen LogP contribution in [0.5, 0.6) is 0 Å². The van der Waals surface area contributed by atoms with E-state index in [1.165, 1.54) is 0 Å². The number of rotatable bonds is 3. The lowest BCUT2D eigenvalue weighted by molar-refractivity contribution is -0.139. The number of nitrogens with one attached hydrogen (secondary N) is 2. The van der Waals surface area contributed by atoms with Gasteiger partial charge in [-0.1, -0.05) is 0 Å². The smallest absolute Gasteiger partial charge is 0.228 e. The Morgan fingerprint density at radius 3 is 2.46 bits per heavy atom. The average Bonchev–Trinajstić information content (AvgIpc) is 2.64. The molecule has 0 aliphatic carbocycles. The number of pyridine rings is 1. The maximum absolute atomic E-state index is 12.5. The molecule has 6 nitrogen and oxygen atoms in total. The van der Waals surface area contributed by atoms with Crippen LogP contribution in [0.15, 0.2) is 22.8 Å². The van der Waals surface area contributed by atoms with Crippen LogP contribution in [0.2, 0.25) is 0 Å². The molecule has 0 aromatic carbocycles. The van der Waals surface area contributed by atoms with E-state index in [0.29, 0.717) is 18.9 Å². The van der Waals surface area contributed by atoms with Crippen LogP contribution in [-0.4, -0.2) is 47.9 Å². The van der Waals surface area contributed by atoms with E-state index >= 15 is 0 Å². The fourth-order valence-corrected chi connectivity index (χ4v) is 3.60. The molecule has 3 heterocycles. The lowest BCUT2D eigenvalue weighted by atomic mass is 9.92. The second kappa shape index (κ2) is 8.07. The number of anilines is 1. The lowest BCUT2D eigenvalue weighted by Gasteiger charge is -2.34. The molecule has 1 aromatic heterocycles. The van der Waals surface area contributed by atoms with Gasteiger partial charge in [-0.25, -0.2) is 4.98 Å². The minimum absolute atomic E-state index is 0.00112. The highest BCUT2D eigenvalue weighted by Crippen LogP contribution is 2.23. The third kappa shape index (κ3) is 4.33. The molecule has 0 radical (unpaired) electrons. The third-order valence-corrected chi connectivity index (χ3v) is 5.31. The molecule has 2 aliphatic heterocycles. The summed E-state index contributed by atoms with van der Waals surface area (Å²) in [5, 5.41) is 6.15. The molecule has 0 bridgehead atoms. The summed E-state index contributed by atoms with van der Waals surface area (Å²) >= 11 is 3.32. The van der Waals surface area contributed by atoms with Gasteiger partial charge in [0.05, 0.1) is 0 Å². The first-order chi connectivity index (χ1) is 11.6. The Hall–Kier alpha value is -1.47. The number of hydrogen-bond donors (Lipinski definition) is 2. The molecule has 2 saturated heterocycles. The number of hydrogen-bond acceptors (Lipinski definition) is 4. The molecule has 2 amide bonds. The zero-order valence-electron chi connectivity index (χ0n) is 13.6. The molecule has 0 spiro atoms. The number of amides is 2. The Balaban J connectivity index is 1.48. The number of piperidine rings is 2. The van der Waals surface area contributed by atoms with Crippen molar-refractivity contribution in [3.05, 3.63) is 22.8 Å². The Morgan fingerprint density at radius 2 is 1.83 bits per heavy atom. The molecule has 7 heteroatoms. The van der Waals surface area contributed by atoms with E-state index in [1.54, 1.807) is 12.3 Å². The monoisotopic (exact) mass is 394 g/mol. The maximum atomic E-state index is 12.5. The highest BCUT2D eigenvalue weighted by atomic mass is 79.9. The predicted molar refractivity (Wildman–Crippen MR) is 95.5 cm³/mol. The Morgan fingerprint density at radius 1 is 1.12 bits per heavy atom. The predicted octanol–water partition coefficient (Wildman–Crippen LogP) is 2.02. The first kappa shape index (κ1) is 17.4. The molecule has 0 atom stereocenters. The summed E-state index contributed by atoms with van der Waals surface area (Å²) in [6.07, 6.45) is 4.96. The molecule has 2 N–H and O–H groups in total. The quantitative estimate of drug-likeness (QED) is 0.822. The van der Waals surface area contributed by atoms with Gasteiger partial charge in [-0.2, -0.15) is 0 Å². The van der Waals surface area contributed by atoms with Crippen LogP contribution in [0.3, 0.4) is 0 Å². The molecule has 130 valence electrons. The van der Waals surface area contributed by atoms with Crippen molar-refractivity contribution in [1.82, 2.24) is 15.2 Å². The van der Waals surface area contributed by atoms with Crippen molar-refractivity contribution < 1.29 is 9.59 Å². The van der Waals surface area contributed by atoms with Gasteiger partial charge < -0.3 is 15.5 Å². The summed E-state index contributed by atoms with van der Waals surface area (Å²) < 4.78 is 0.880. The lowest BCUT2D eigenvalue weighted by Crippen LogP contribution is -2.46. The van der Waals surface area contributed by atoms with Gasteiger partial charge in [-0.3, -0.25) is 9.59 Å². The van der Waals surface area contributed by atoms with Crippen molar-refractivity contribution >= 4 is 33.6 Å². The molecule has 0 saturated carbocycles. The van der Waals surface area contributed by atoms with E-state index < -0.39 is 0 Å². The Kier molecular flexibility index (Phi) is 5.84. The second-order valence-electron chi connectivity index (χ2n) is 6.47. The first-order valence-corrected chi connectivity index (χ1v) is 9.34. The van der Waals surface area contributed by atoms with Gasteiger partial charge in [-0.15, -0.1) is 0 Å². The summed E-state index contributed by atoms with van der Waals surface area (Å²) in [6.45, 7) is 3.20. The molecule has 0 unspecified atom stereocenters. The number of nitrogens with zero attached hydrogens (tertiary/aromatic N) is 2. The van der Waals surface area contributed by atoms with Crippen molar-refractivity contribution in [1.29, 1.82) is 0 Å². The summed E-state index contributed by atoms with van der Waals surface area (Å²) in [5.74, 6) is 0.941. The van der Waals surface area contributed by atoms with Gasteiger partial charge in [0.15, 0.2) is 0 Å². The normalized spacial score (nSPS) is 20.0. The number of halogens is 1. The van der Waals surface area contributed by atoms with Crippen LogP contribution < -0.4 is 10.6 Å². The summed E-state index contributed by atoms with van der Waals surface area (Å²) in [5.41, 5.74) is 0. The van der Waals surface area contributed by atoms with Crippen molar-refractivity contribution in [3.63, 3.8) is 0 Å². The number of carbonyl (C=O) groups is 2. The molecule has 1 aromatic rings. The molecular weight excluding hydrogens is 372 g/mol. The molecular formula is C17H23BrN4O2. The average molecular weight is 395 g/mol. The molecule has 2 aliphatic rings. The van der Waals surface area contributed by atoms with Gasteiger partial charge >= 0.3 is 0 Å². The van der Waals surface area contributed by atoms with Crippen LogP contribution in [0.4, 0.5) is 5.82 Å². The van der Waals surface area contributed by atoms with Crippen LogP contribution in [-0.2, 0) is 9.59 Å². The van der Waals surface area contributed by atoms with E-state index in [4.69, 9.17) is 0 Å². The molecule has 3 rings (SSSR count). The first-order valence-electron chi connectivity index (χ1n) is 8.55. The Labute approximate surface area is 150 Å². The summed E-state index contributed by atoms with van der Waals surface area (Å²) in [7, 11) is 0. The van der Waals surface area contributed by atoms with Crippen LogP contribution >= 0.6 is 15.9 Å². The highest BCUT2D eigenvalue weighted by molar-refractivity contribution is 9.10. The number of carbonyl (C=O) groups excluding carboxylic acids is 2. The van der Waals surface area contributed by atoms with Crippen molar-refractivity contribution in [2.24, 2.45) is 11.8 Å². The van der Waals surface area contributed by atoms with Crippen molar-refractivity contribution in [2.75, 3.05) is 31.5 Å². The Bertz CT molecular complexity index is 579. The maximum Gasteiger partial charge on any atom is 0.228 e. The van der Waals surface area contributed by atoms with Crippen LogP contribution in [0.25, 0.3) is 0 Å². The van der Waals surface area contributed by atoms with Crippen LogP contribution in [0, 0.1) is 11.8 Å². The van der Waals surface area contributed by atoms with E-state index in [1.807, 2.05) is 11.0 Å². The number of likely N-dealkylation sites (tertiary alicyclic amines) is 1. The van der Waals surface area contributed by atoms with Gasteiger partial charge in [0.2, 0.25) is 11.8 Å². The zero-order chi connectivity index (χ0) is 16.9. The standard InChI is InChI=1S/C17H23BrN4O2/c18-14-1-2-15(20-11-14)21-16(23)12-5-9-22(10-6-12)17(24)13-3-7-19-8-4-13/h1-2,11-13,19H,3-10H2,(H,20,21,23). The second-order valence-corrected chi connectivity index (χ2v) is 7.39. The van der Waals surface area contributed by atoms with E-state index in [2.05, 4.69) is 31.5 Å². The van der Waals surface area contributed by atoms with Gasteiger partial charge in [0.25, 0.3) is 0 Å². The fraction of sp³-hybridized carbons (Fsp3) is 0.588. The van der Waals surface area contributed by atoms with E-state index in [9.17, 15) is 9.59 Å². The third-order valence-electron chi connectivity index (χ3n) is 4.84. The highest BCUT2D eigenvalue weighted by Gasteiger charge is 2.31. The largest absolute Gasteiger partial charge is 0.342 e. The van der Waals surface area contributed by atoms with Crippen molar-refractivity contribution in [2.45, 2.75) is 25.7 Å². The minimum atomic E-state index is -0.0486. The van der Waals surface area contributed by atoms with Gasteiger partial charge in [0.1, 0.15) is 5.82 Å².